The first-order valence-corrected chi connectivity index (χ1v) is 10.5. The minimum absolute atomic E-state index is 0.0564. The predicted octanol–water partition coefficient (Wildman–Crippen LogP) is 3.88. The van der Waals surface area contributed by atoms with E-state index in [2.05, 4.69) is 4.98 Å². The van der Waals surface area contributed by atoms with E-state index in [9.17, 15) is 9.59 Å². The third-order valence-corrected chi connectivity index (χ3v) is 5.89. The summed E-state index contributed by atoms with van der Waals surface area (Å²) >= 11 is 13.6. The third kappa shape index (κ3) is 5.24. The summed E-state index contributed by atoms with van der Waals surface area (Å²) < 4.78 is 2.64. The van der Waals surface area contributed by atoms with Gasteiger partial charge in [-0.15, -0.1) is 11.3 Å². The molecular formula is C22H20Cl2N2O2S. The van der Waals surface area contributed by atoms with E-state index in [1.54, 1.807) is 35.0 Å². The summed E-state index contributed by atoms with van der Waals surface area (Å²) in [7, 11) is 0. The summed E-state index contributed by atoms with van der Waals surface area (Å²) in [5, 5.41) is 0.995. The molecular weight excluding hydrogens is 427 g/mol. The van der Waals surface area contributed by atoms with Gasteiger partial charge in [-0.25, -0.2) is 0 Å². The fourth-order valence-corrected chi connectivity index (χ4v) is 4.03. The molecule has 0 N–H and O–H groups in total. The van der Waals surface area contributed by atoms with Crippen molar-refractivity contribution < 1.29 is 4.79 Å². The standard InChI is InChI=1S/C22H20Cl2N2O2S/c1-22(2,3)19(27)12-20-26(13-14-7-8-15(23)10-17(14)24)21(28)18(29-20)11-16-6-4-5-9-25-16/h4-12H,13H2,1-3H3/b18-11-,20-12-. The number of aromatic nitrogens is 2. The van der Waals surface area contributed by atoms with Crippen molar-refractivity contribution in [2.75, 3.05) is 0 Å². The van der Waals surface area contributed by atoms with Gasteiger partial charge in [-0.05, 0) is 35.9 Å². The monoisotopic (exact) mass is 446 g/mol. The van der Waals surface area contributed by atoms with Crippen LogP contribution in [0.3, 0.4) is 0 Å². The molecule has 0 aliphatic carbocycles. The van der Waals surface area contributed by atoms with E-state index in [4.69, 9.17) is 23.2 Å². The first-order chi connectivity index (χ1) is 13.6. The number of hydrogen-bond donors (Lipinski definition) is 0. The summed E-state index contributed by atoms with van der Waals surface area (Å²) in [6.07, 6.45) is 4.93. The highest BCUT2D eigenvalue weighted by Gasteiger charge is 2.19. The Labute approximate surface area is 182 Å². The van der Waals surface area contributed by atoms with Crippen LogP contribution in [-0.2, 0) is 11.3 Å². The Morgan fingerprint density at radius 3 is 2.59 bits per heavy atom. The van der Waals surface area contributed by atoms with Crippen molar-refractivity contribution in [1.29, 1.82) is 0 Å². The molecule has 29 heavy (non-hydrogen) atoms. The van der Waals surface area contributed by atoms with E-state index >= 15 is 0 Å². The van der Waals surface area contributed by atoms with Crippen LogP contribution in [-0.4, -0.2) is 15.3 Å². The van der Waals surface area contributed by atoms with Crippen molar-refractivity contribution in [2.45, 2.75) is 27.3 Å². The molecule has 7 heteroatoms. The lowest BCUT2D eigenvalue weighted by Gasteiger charge is -2.13. The van der Waals surface area contributed by atoms with Crippen LogP contribution in [0.2, 0.25) is 10.0 Å². The highest BCUT2D eigenvalue weighted by molar-refractivity contribution is 7.07. The van der Waals surface area contributed by atoms with Gasteiger partial charge in [-0.2, -0.15) is 0 Å². The summed E-state index contributed by atoms with van der Waals surface area (Å²) in [5.41, 5.74) is 0.683. The fourth-order valence-electron chi connectivity index (χ4n) is 2.54. The maximum absolute atomic E-state index is 13.1. The molecule has 3 aromatic rings. The molecule has 1 aromatic carbocycles. The molecule has 0 aliphatic heterocycles. The molecule has 0 atom stereocenters. The SMILES string of the molecule is CC(C)(C)C(=O)/C=c1\s/c(=C\c2ccccn2)c(=O)n1Cc1ccc(Cl)cc1Cl. The minimum Gasteiger partial charge on any atom is -0.294 e. The zero-order valence-electron chi connectivity index (χ0n) is 16.3. The number of pyridine rings is 1. The lowest BCUT2D eigenvalue weighted by molar-refractivity contribution is -0.120. The van der Waals surface area contributed by atoms with Crippen LogP contribution < -0.4 is 14.8 Å². The van der Waals surface area contributed by atoms with E-state index in [1.807, 2.05) is 39.0 Å². The van der Waals surface area contributed by atoms with Gasteiger partial charge < -0.3 is 0 Å². The first-order valence-electron chi connectivity index (χ1n) is 8.97. The van der Waals surface area contributed by atoms with Gasteiger partial charge in [0, 0.05) is 27.7 Å². The van der Waals surface area contributed by atoms with Crippen LogP contribution in [0.25, 0.3) is 12.2 Å². The highest BCUT2D eigenvalue weighted by Crippen LogP contribution is 2.21. The Balaban J connectivity index is 2.19. The average Bonchev–Trinajstić information content (AvgIpc) is 2.92. The quantitative estimate of drug-likeness (QED) is 0.610. The Hall–Kier alpha value is -2.21. The molecule has 0 aliphatic rings. The number of carbonyl (C=O) groups is 1. The Morgan fingerprint density at radius 1 is 1.21 bits per heavy atom. The minimum atomic E-state index is -0.548. The third-order valence-electron chi connectivity index (χ3n) is 4.24. The lowest BCUT2D eigenvalue weighted by Crippen LogP contribution is -2.33. The van der Waals surface area contributed by atoms with Crippen LogP contribution in [0.15, 0.2) is 47.4 Å². The number of benzene rings is 1. The number of halogens is 2. The van der Waals surface area contributed by atoms with E-state index in [0.29, 0.717) is 24.9 Å². The van der Waals surface area contributed by atoms with Gasteiger partial charge >= 0.3 is 0 Å². The molecule has 0 spiro atoms. The Bertz CT molecular complexity index is 1220. The van der Waals surface area contributed by atoms with Gasteiger partial charge in [-0.1, -0.05) is 56.1 Å². The highest BCUT2D eigenvalue weighted by atomic mass is 35.5. The topological polar surface area (TPSA) is 52.0 Å². The van der Waals surface area contributed by atoms with Crippen molar-refractivity contribution in [2.24, 2.45) is 5.41 Å². The molecule has 4 nitrogen and oxygen atoms in total. The number of hydrogen-bond acceptors (Lipinski definition) is 4. The summed E-state index contributed by atoms with van der Waals surface area (Å²) in [6.45, 7) is 5.78. The number of nitrogens with zero attached hydrogens (tertiary/aromatic N) is 2. The normalized spacial score (nSPS) is 13.1. The second-order valence-electron chi connectivity index (χ2n) is 7.59. The molecule has 2 heterocycles. The Morgan fingerprint density at radius 2 is 1.97 bits per heavy atom. The van der Waals surface area contributed by atoms with E-state index in [1.165, 1.54) is 17.4 Å². The van der Waals surface area contributed by atoms with Gasteiger partial charge in [0.1, 0.15) is 4.66 Å². The van der Waals surface area contributed by atoms with Crippen molar-refractivity contribution in [3.63, 3.8) is 0 Å². The maximum Gasteiger partial charge on any atom is 0.269 e. The fraction of sp³-hybridized carbons (Fsp3) is 0.227. The number of ketones is 1. The molecule has 0 fully saturated rings. The van der Waals surface area contributed by atoms with Crippen molar-refractivity contribution in [3.05, 3.63) is 83.4 Å². The van der Waals surface area contributed by atoms with Gasteiger partial charge in [0.15, 0.2) is 5.78 Å². The van der Waals surface area contributed by atoms with E-state index in [-0.39, 0.29) is 17.9 Å². The molecule has 0 amide bonds. The number of thiazole rings is 1. The molecule has 0 saturated heterocycles. The largest absolute Gasteiger partial charge is 0.294 e. The molecule has 0 unspecified atom stereocenters. The molecule has 0 bridgehead atoms. The lowest BCUT2D eigenvalue weighted by atomic mass is 9.91. The second kappa shape index (κ2) is 8.66. The van der Waals surface area contributed by atoms with Crippen LogP contribution in [0.4, 0.5) is 0 Å². The van der Waals surface area contributed by atoms with Crippen LogP contribution in [0.1, 0.15) is 32.0 Å². The predicted molar refractivity (Wildman–Crippen MR) is 120 cm³/mol. The maximum atomic E-state index is 13.1. The van der Waals surface area contributed by atoms with Crippen molar-refractivity contribution in [3.8, 4) is 0 Å². The van der Waals surface area contributed by atoms with Crippen LogP contribution in [0, 0.1) is 5.41 Å². The van der Waals surface area contributed by atoms with E-state index < -0.39 is 5.41 Å². The Kier molecular flexibility index (Phi) is 6.42. The zero-order valence-corrected chi connectivity index (χ0v) is 18.6. The number of carbonyl (C=O) groups excluding carboxylic acids is 1. The molecule has 2 aromatic heterocycles. The molecule has 0 saturated carbocycles. The van der Waals surface area contributed by atoms with Gasteiger partial charge in [0.05, 0.1) is 16.8 Å². The average molecular weight is 447 g/mol. The van der Waals surface area contributed by atoms with Crippen LogP contribution in [0.5, 0.6) is 0 Å². The zero-order chi connectivity index (χ0) is 21.2. The van der Waals surface area contributed by atoms with Gasteiger partial charge in [0.2, 0.25) is 0 Å². The molecule has 3 rings (SSSR count). The second-order valence-corrected chi connectivity index (χ2v) is 9.49. The smallest absolute Gasteiger partial charge is 0.269 e. The molecule has 0 radical (unpaired) electrons. The van der Waals surface area contributed by atoms with Gasteiger partial charge in [-0.3, -0.25) is 19.1 Å². The first kappa shape index (κ1) is 21.5. The van der Waals surface area contributed by atoms with Crippen molar-refractivity contribution in [1.82, 2.24) is 9.55 Å². The van der Waals surface area contributed by atoms with Crippen LogP contribution >= 0.6 is 34.5 Å². The summed E-state index contributed by atoms with van der Waals surface area (Å²) in [5.74, 6) is -0.0564. The number of Topliss-reactive ketones (excluding diaryl/α,β-unsaturated/α-hetero) is 1. The van der Waals surface area contributed by atoms with E-state index in [0.717, 1.165) is 5.56 Å². The summed E-state index contributed by atoms with van der Waals surface area (Å²) in [4.78, 5) is 30.0. The number of rotatable bonds is 4. The van der Waals surface area contributed by atoms with Crippen molar-refractivity contribution >= 4 is 52.5 Å². The molecule has 150 valence electrons. The van der Waals surface area contributed by atoms with Gasteiger partial charge in [0.25, 0.3) is 5.56 Å². The summed E-state index contributed by atoms with van der Waals surface area (Å²) in [6, 6.07) is 10.6.